The fraction of sp³-hybridized carbons (Fsp3) is 0.545. The molecule has 0 unspecified atom stereocenters. The molecule has 3 nitrogen and oxygen atoms in total. The molecule has 1 heterocycles. The van der Waals surface area contributed by atoms with E-state index in [2.05, 4.69) is 10.2 Å². The minimum atomic E-state index is 0.565. The van der Waals surface area contributed by atoms with Gasteiger partial charge in [-0.15, -0.1) is 0 Å². The summed E-state index contributed by atoms with van der Waals surface area (Å²) in [5.41, 5.74) is 7.53. The van der Waals surface area contributed by atoms with Crippen molar-refractivity contribution in [3.8, 4) is 0 Å². The lowest BCUT2D eigenvalue weighted by Gasteiger charge is -1.88. The third kappa shape index (κ3) is 4.70. The number of aryl methyl sites for hydroxylation is 1. The number of hydrogen-bond acceptors (Lipinski definition) is 2. The van der Waals surface area contributed by atoms with Gasteiger partial charge in [0.2, 0.25) is 0 Å². The van der Waals surface area contributed by atoms with Crippen LogP contribution in [0.5, 0.6) is 0 Å². The zero-order chi connectivity index (χ0) is 11.6. The smallest absolute Gasteiger partial charge is 0.152 e. The summed E-state index contributed by atoms with van der Waals surface area (Å²) in [7, 11) is 0. The van der Waals surface area contributed by atoms with Crippen LogP contribution in [0.4, 0.5) is 5.82 Å². The van der Waals surface area contributed by atoms with Gasteiger partial charge in [0.25, 0.3) is 0 Å². The Morgan fingerprint density at radius 3 is 2.00 bits per heavy atom. The number of hydrogen-bond donors (Lipinski definition) is 2. The Hall–Kier alpha value is -1.25. The van der Waals surface area contributed by atoms with Crippen LogP contribution < -0.4 is 5.73 Å². The van der Waals surface area contributed by atoms with E-state index in [9.17, 15) is 0 Å². The van der Waals surface area contributed by atoms with Crippen LogP contribution in [0.3, 0.4) is 0 Å². The van der Waals surface area contributed by atoms with Gasteiger partial charge in [-0.05, 0) is 13.8 Å². The van der Waals surface area contributed by atoms with Crippen LogP contribution in [-0.2, 0) is 0 Å². The van der Waals surface area contributed by atoms with E-state index in [0.29, 0.717) is 5.82 Å². The van der Waals surface area contributed by atoms with E-state index >= 15 is 0 Å². The van der Waals surface area contributed by atoms with Crippen molar-refractivity contribution >= 4 is 11.9 Å². The van der Waals surface area contributed by atoms with Gasteiger partial charge in [0.1, 0.15) is 0 Å². The lowest BCUT2D eigenvalue weighted by molar-refractivity contribution is 1.05. The maximum absolute atomic E-state index is 5.53. The molecule has 0 amide bonds. The third-order valence-electron chi connectivity index (χ3n) is 1.36. The molecule has 0 aliphatic heterocycles. The molecule has 0 radical (unpaired) electrons. The number of allylic oxidation sites excluding steroid dienone is 1. The molecule has 0 fully saturated rings. The van der Waals surface area contributed by atoms with Gasteiger partial charge in [-0.25, -0.2) is 0 Å². The van der Waals surface area contributed by atoms with Crippen molar-refractivity contribution in [1.29, 1.82) is 0 Å². The molecule has 14 heavy (non-hydrogen) atoms. The molecule has 3 heteroatoms. The highest BCUT2D eigenvalue weighted by Gasteiger charge is 2.00. The first kappa shape index (κ1) is 15.2. The highest BCUT2D eigenvalue weighted by atomic mass is 15.2. The van der Waals surface area contributed by atoms with Gasteiger partial charge in [-0.1, -0.05) is 39.8 Å². The van der Waals surface area contributed by atoms with E-state index in [-0.39, 0.29) is 0 Å². The number of aromatic amines is 1. The fourth-order valence-electron chi connectivity index (χ4n) is 0.834. The quantitative estimate of drug-likeness (QED) is 0.725. The molecule has 1 rings (SSSR count). The predicted molar refractivity (Wildman–Crippen MR) is 65.1 cm³/mol. The van der Waals surface area contributed by atoms with Crippen LogP contribution in [0.15, 0.2) is 6.08 Å². The number of rotatable bonds is 1. The van der Waals surface area contributed by atoms with Crippen LogP contribution in [0.2, 0.25) is 0 Å². The van der Waals surface area contributed by atoms with E-state index in [1.54, 1.807) is 0 Å². The van der Waals surface area contributed by atoms with Crippen molar-refractivity contribution in [2.24, 2.45) is 0 Å². The van der Waals surface area contributed by atoms with Crippen LogP contribution in [-0.4, -0.2) is 10.2 Å². The fourth-order valence-corrected chi connectivity index (χ4v) is 0.834. The zero-order valence-electron chi connectivity index (χ0n) is 10.2. The van der Waals surface area contributed by atoms with Gasteiger partial charge in [0, 0.05) is 11.3 Å². The van der Waals surface area contributed by atoms with Gasteiger partial charge in [-0.2, -0.15) is 5.10 Å². The number of nitrogens with one attached hydrogen (secondary N) is 1. The Bertz CT molecular complexity index is 230. The molecule has 0 saturated heterocycles. The molecule has 0 aromatic carbocycles. The summed E-state index contributed by atoms with van der Waals surface area (Å²) in [5, 5.41) is 6.63. The number of nitrogen functional groups attached to an aromatic ring is 1. The first-order valence-corrected chi connectivity index (χ1v) is 5.19. The second kappa shape index (κ2) is 9.84. The second-order valence-electron chi connectivity index (χ2n) is 2.15. The Kier molecular flexibility index (Phi) is 10.7. The van der Waals surface area contributed by atoms with Crippen LogP contribution in [0.1, 0.15) is 45.9 Å². The Morgan fingerprint density at radius 2 is 1.71 bits per heavy atom. The van der Waals surface area contributed by atoms with Gasteiger partial charge in [0.15, 0.2) is 5.82 Å². The summed E-state index contributed by atoms with van der Waals surface area (Å²) < 4.78 is 0. The van der Waals surface area contributed by atoms with Crippen LogP contribution in [0.25, 0.3) is 6.08 Å². The average molecular weight is 197 g/mol. The predicted octanol–water partition coefficient (Wildman–Crippen LogP) is 3.39. The van der Waals surface area contributed by atoms with E-state index in [1.165, 1.54) is 0 Å². The molecule has 0 aliphatic rings. The largest absolute Gasteiger partial charge is 0.382 e. The minimum absolute atomic E-state index is 0.565. The number of anilines is 1. The van der Waals surface area contributed by atoms with Crippen molar-refractivity contribution < 1.29 is 0 Å². The lowest BCUT2D eigenvalue weighted by Crippen LogP contribution is -1.86. The lowest BCUT2D eigenvalue weighted by atomic mass is 10.2. The molecular formula is C11H23N3. The number of nitrogens with zero attached hydrogens (tertiary/aromatic N) is 1. The molecule has 0 saturated carbocycles. The maximum atomic E-state index is 5.53. The Labute approximate surface area is 87.4 Å². The summed E-state index contributed by atoms with van der Waals surface area (Å²) in [4.78, 5) is 0. The summed E-state index contributed by atoms with van der Waals surface area (Å²) in [5.74, 6) is 0.565. The first-order chi connectivity index (χ1) is 6.75. The first-order valence-electron chi connectivity index (χ1n) is 5.19. The minimum Gasteiger partial charge on any atom is -0.382 e. The number of H-pyrrole nitrogens is 1. The van der Waals surface area contributed by atoms with Gasteiger partial charge in [-0.3, -0.25) is 5.10 Å². The van der Waals surface area contributed by atoms with Crippen molar-refractivity contribution in [3.05, 3.63) is 17.3 Å². The van der Waals surface area contributed by atoms with Crippen LogP contribution in [0, 0.1) is 6.92 Å². The topological polar surface area (TPSA) is 54.7 Å². The van der Waals surface area contributed by atoms with E-state index in [0.717, 1.165) is 11.3 Å². The highest BCUT2D eigenvalue weighted by molar-refractivity contribution is 5.62. The zero-order valence-corrected chi connectivity index (χ0v) is 10.2. The molecule has 1 aromatic rings. The Morgan fingerprint density at radius 1 is 1.21 bits per heavy atom. The van der Waals surface area contributed by atoms with E-state index in [4.69, 9.17) is 5.73 Å². The molecular weight excluding hydrogens is 174 g/mol. The van der Waals surface area contributed by atoms with Crippen molar-refractivity contribution in [3.63, 3.8) is 0 Å². The molecule has 1 aromatic heterocycles. The maximum Gasteiger partial charge on any atom is 0.152 e. The van der Waals surface area contributed by atoms with Gasteiger partial charge in [0.05, 0.1) is 0 Å². The van der Waals surface area contributed by atoms with Crippen molar-refractivity contribution in [1.82, 2.24) is 10.2 Å². The number of nitrogens with two attached hydrogens (primary N) is 1. The standard InChI is InChI=1S/C7H11N3.2C2H6/c1-3-4-6-5(2)9-10-7(6)8;2*1-2/h3-4H,1-2H3,(H3,8,9,10);2*1-2H3/b4-3-;;. The van der Waals surface area contributed by atoms with Gasteiger partial charge >= 0.3 is 0 Å². The van der Waals surface area contributed by atoms with Crippen molar-refractivity contribution in [2.45, 2.75) is 41.5 Å². The molecule has 0 atom stereocenters. The summed E-state index contributed by atoms with van der Waals surface area (Å²) in [6, 6.07) is 0. The molecule has 0 aliphatic carbocycles. The highest BCUT2D eigenvalue weighted by Crippen LogP contribution is 2.13. The van der Waals surface area contributed by atoms with E-state index in [1.807, 2.05) is 53.7 Å². The SMILES string of the molecule is C/C=C\c1c(N)n[nH]c1C.CC.CC. The third-order valence-corrected chi connectivity index (χ3v) is 1.36. The monoisotopic (exact) mass is 197 g/mol. The van der Waals surface area contributed by atoms with Crippen molar-refractivity contribution in [2.75, 3.05) is 5.73 Å². The average Bonchev–Trinajstić information content (AvgIpc) is 2.56. The number of aromatic nitrogens is 2. The second-order valence-corrected chi connectivity index (χ2v) is 2.15. The van der Waals surface area contributed by atoms with Crippen LogP contribution >= 0.6 is 0 Å². The summed E-state index contributed by atoms with van der Waals surface area (Å²) >= 11 is 0. The molecule has 82 valence electrons. The van der Waals surface area contributed by atoms with Gasteiger partial charge < -0.3 is 5.73 Å². The molecule has 0 bridgehead atoms. The Balaban J connectivity index is 0. The normalized spacial score (nSPS) is 8.71. The van der Waals surface area contributed by atoms with E-state index < -0.39 is 0 Å². The molecule has 0 spiro atoms. The summed E-state index contributed by atoms with van der Waals surface area (Å²) in [6.07, 6.45) is 3.88. The summed E-state index contributed by atoms with van der Waals surface area (Å²) in [6.45, 7) is 11.9. The molecule has 3 N–H and O–H groups in total.